The van der Waals surface area contributed by atoms with Gasteiger partial charge in [-0.15, -0.1) is 0 Å². The Kier molecular flexibility index (Phi) is 8.63. The summed E-state index contributed by atoms with van der Waals surface area (Å²) in [5.74, 6) is 0.272. The van der Waals surface area contributed by atoms with Gasteiger partial charge in [-0.1, -0.05) is 68.0 Å². The summed E-state index contributed by atoms with van der Waals surface area (Å²) < 4.78 is 10.9. The number of hydrogen-bond donors (Lipinski definition) is 0. The fraction of sp³-hybridized carbons (Fsp3) is 0.185. The average molecular weight is 430 g/mol. The maximum absolute atomic E-state index is 12.8. The molecule has 0 unspecified atom stereocenters. The standard InChI is InChI=1S/C27H27NO4/c1-2-3-19-26(29)32-25-18-10-12-22(21-25)13-11-20-31-27(30)28(23-14-6-4-7-15-23)24-16-8-5-9-17-24/h4-18,21H,2-3,19-20H2,1H3/b13-11-. The molecule has 1 amide bonds. The fourth-order valence-corrected chi connectivity index (χ4v) is 3.07. The Balaban J connectivity index is 1.60. The summed E-state index contributed by atoms with van der Waals surface area (Å²) in [6, 6.07) is 26.0. The van der Waals surface area contributed by atoms with Gasteiger partial charge in [-0.3, -0.25) is 4.79 Å². The third-order valence-electron chi connectivity index (χ3n) is 4.65. The molecule has 0 heterocycles. The van der Waals surface area contributed by atoms with Gasteiger partial charge in [0.05, 0.1) is 11.4 Å². The zero-order chi connectivity index (χ0) is 22.6. The van der Waals surface area contributed by atoms with E-state index in [9.17, 15) is 9.59 Å². The molecule has 5 nitrogen and oxygen atoms in total. The number of hydrogen-bond acceptors (Lipinski definition) is 4. The van der Waals surface area contributed by atoms with Crippen LogP contribution in [0.2, 0.25) is 0 Å². The quantitative estimate of drug-likeness (QED) is 0.278. The van der Waals surface area contributed by atoms with Crippen LogP contribution in [0.15, 0.2) is 91.0 Å². The minimum atomic E-state index is -0.467. The molecule has 0 bridgehead atoms. The predicted octanol–water partition coefficient (Wildman–Crippen LogP) is 6.77. The summed E-state index contributed by atoms with van der Waals surface area (Å²) in [5.41, 5.74) is 2.31. The van der Waals surface area contributed by atoms with Crippen LogP contribution in [0.3, 0.4) is 0 Å². The monoisotopic (exact) mass is 429 g/mol. The lowest BCUT2D eigenvalue weighted by Gasteiger charge is -2.22. The Morgan fingerprint density at radius 1 is 0.875 bits per heavy atom. The van der Waals surface area contributed by atoms with Crippen LogP contribution in [0.4, 0.5) is 16.2 Å². The van der Waals surface area contributed by atoms with E-state index in [4.69, 9.17) is 9.47 Å². The van der Waals surface area contributed by atoms with E-state index in [0.717, 1.165) is 29.8 Å². The number of esters is 1. The van der Waals surface area contributed by atoms with Crippen LogP contribution < -0.4 is 9.64 Å². The Bertz CT molecular complexity index is 992. The van der Waals surface area contributed by atoms with Crippen LogP contribution in [0.5, 0.6) is 5.75 Å². The molecule has 3 aromatic rings. The zero-order valence-electron chi connectivity index (χ0n) is 18.1. The molecule has 0 aliphatic carbocycles. The number of carbonyl (C=O) groups excluding carboxylic acids is 2. The van der Waals surface area contributed by atoms with E-state index < -0.39 is 6.09 Å². The Labute approximate surface area is 188 Å². The molecule has 3 rings (SSSR count). The number of benzene rings is 3. The first-order valence-corrected chi connectivity index (χ1v) is 10.7. The van der Waals surface area contributed by atoms with Crippen molar-refractivity contribution in [3.05, 3.63) is 96.6 Å². The highest BCUT2D eigenvalue weighted by Crippen LogP contribution is 2.25. The lowest BCUT2D eigenvalue weighted by molar-refractivity contribution is -0.134. The van der Waals surface area contributed by atoms with Gasteiger partial charge >= 0.3 is 12.1 Å². The molecule has 0 saturated carbocycles. The Hall–Kier alpha value is -3.86. The summed E-state index contributed by atoms with van der Waals surface area (Å²) in [6.07, 6.45) is 5.28. The Morgan fingerprint density at radius 3 is 2.16 bits per heavy atom. The van der Waals surface area contributed by atoms with Crippen LogP contribution in [0.25, 0.3) is 6.08 Å². The molecule has 0 aliphatic heterocycles. The Morgan fingerprint density at radius 2 is 1.53 bits per heavy atom. The number of anilines is 2. The number of ether oxygens (including phenoxy) is 2. The second-order valence-electron chi connectivity index (χ2n) is 7.14. The molecule has 164 valence electrons. The maximum atomic E-state index is 12.8. The summed E-state index contributed by atoms with van der Waals surface area (Å²) >= 11 is 0. The first-order valence-electron chi connectivity index (χ1n) is 10.7. The van der Waals surface area contributed by atoms with E-state index >= 15 is 0 Å². The summed E-state index contributed by atoms with van der Waals surface area (Å²) in [5, 5.41) is 0. The molecule has 0 atom stereocenters. The third-order valence-corrected chi connectivity index (χ3v) is 4.65. The SMILES string of the molecule is CCCCC(=O)Oc1cccc(/C=C\COC(=O)N(c2ccccc2)c2ccccc2)c1. The first kappa shape index (κ1) is 22.8. The largest absolute Gasteiger partial charge is 0.445 e. The highest BCUT2D eigenvalue weighted by Gasteiger charge is 2.18. The summed E-state index contributed by atoms with van der Waals surface area (Å²) in [7, 11) is 0. The van der Waals surface area contributed by atoms with Crippen molar-refractivity contribution in [3.63, 3.8) is 0 Å². The molecule has 0 spiro atoms. The molecule has 5 heteroatoms. The zero-order valence-corrected chi connectivity index (χ0v) is 18.1. The van der Waals surface area contributed by atoms with E-state index in [1.807, 2.05) is 85.8 Å². The molecular formula is C27H27NO4. The van der Waals surface area contributed by atoms with Crippen molar-refractivity contribution < 1.29 is 19.1 Å². The van der Waals surface area contributed by atoms with E-state index in [-0.39, 0.29) is 12.6 Å². The molecule has 0 aromatic heterocycles. The van der Waals surface area contributed by atoms with Gasteiger partial charge in [-0.05, 0) is 54.5 Å². The lowest BCUT2D eigenvalue weighted by atomic mass is 10.2. The minimum Gasteiger partial charge on any atom is -0.445 e. The molecule has 0 N–H and O–H groups in total. The number of amides is 1. The van der Waals surface area contributed by atoms with Gasteiger partial charge in [0, 0.05) is 6.42 Å². The third kappa shape index (κ3) is 6.84. The molecule has 0 aliphatic rings. The summed E-state index contributed by atoms with van der Waals surface area (Å²) in [4.78, 5) is 26.2. The second kappa shape index (κ2) is 12.1. The van der Waals surface area contributed by atoms with Gasteiger partial charge in [0.1, 0.15) is 12.4 Å². The van der Waals surface area contributed by atoms with E-state index in [1.54, 1.807) is 18.2 Å². The summed E-state index contributed by atoms with van der Waals surface area (Å²) in [6.45, 7) is 2.14. The smallest absolute Gasteiger partial charge is 0.419 e. The highest BCUT2D eigenvalue weighted by atomic mass is 16.6. The number of para-hydroxylation sites is 2. The fourth-order valence-electron chi connectivity index (χ4n) is 3.07. The van der Waals surface area contributed by atoms with Gasteiger partial charge in [0.25, 0.3) is 0 Å². The normalized spacial score (nSPS) is 10.7. The number of carbonyl (C=O) groups is 2. The molecule has 32 heavy (non-hydrogen) atoms. The van der Waals surface area contributed by atoms with Crippen molar-refractivity contribution in [2.45, 2.75) is 26.2 Å². The highest BCUT2D eigenvalue weighted by molar-refractivity contribution is 5.95. The minimum absolute atomic E-state index is 0.107. The van der Waals surface area contributed by atoms with E-state index in [2.05, 4.69) is 0 Å². The van der Waals surface area contributed by atoms with Gasteiger partial charge in [0.15, 0.2) is 0 Å². The van der Waals surface area contributed by atoms with E-state index in [1.165, 1.54) is 4.90 Å². The topological polar surface area (TPSA) is 55.8 Å². The predicted molar refractivity (Wildman–Crippen MR) is 127 cm³/mol. The number of rotatable bonds is 9. The van der Waals surface area contributed by atoms with Crippen LogP contribution in [0.1, 0.15) is 31.7 Å². The maximum Gasteiger partial charge on any atom is 0.419 e. The van der Waals surface area contributed by atoms with Crippen molar-refractivity contribution >= 4 is 29.5 Å². The van der Waals surface area contributed by atoms with Gasteiger partial charge in [-0.2, -0.15) is 0 Å². The molecule has 0 saturated heterocycles. The van der Waals surface area contributed by atoms with Crippen LogP contribution in [-0.4, -0.2) is 18.7 Å². The molecule has 3 aromatic carbocycles. The number of unbranched alkanes of at least 4 members (excludes halogenated alkanes) is 1. The molecular weight excluding hydrogens is 402 g/mol. The second-order valence-corrected chi connectivity index (χ2v) is 7.14. The molecule has 0 fully saturated rings. The van der Waals surface area contributed by atoms with Crippen LogP contribution in [-0.2, 0) is 9.53 Å². The lowest BCUT2D eigenvalue weighted by Crippen LogP contribution is -2.26. The van der Waals surface area contributed by atoms with Gasteiger partial charge in [-0.25, -0.2) is 9.69 Å². The van der Waals surface area contributed by atoms with Crippen LogP contribution >= 0.6 is 0 Å². The van der Waals surface area contributed by atoms with Gasteiger partial charge < -0.3 is 9.47 Å². The molecule has 0 radical (unpaired) electrons. The van der Waals surface area contributed by atoms with Crippen molar-refractivity contribution in [3.8, 4) is 5.75 Å². The van der Waals surface area contributed by atoms with Crippen molar-refractivity contribution in [2.24, 2.45) is 0 Å². The van der Waals surface area contributed by atoms with Crippen molar-refractivity contribution in [2.75, 3.05) is 11.5 Å². The number of nitrogens with zero attached hydrogens (tertiary/aromatic N) is 1. The van der Waals surface area contributed by atoms with Crippen molar-refractivity contribution in [1.82, 2.24) is 0 Å². The van der Waals surface area contributed by atoms with Gasteiger partial charge in [0.2, 0.25) is 0 Å². The van der Waals surface area contributed by atoms with E-state index in [0.29, 0.717) is 12.2 Å². The average Bonchev–Trinajstić information content (AvgIpc) is 2.82. The first-order chi connectivity index (χ1) is 15.7. The van der Waals surface area contributed by atoms with Crippen LogP contribution in [0, 0.1) is 0 Å². The van der Waals surface area contributed by atoms with Crippen molar-refractivity contribution in [1.29, 1.82) is 0 Å².